The molecule has 0 fully saturated rings. The molecular weight excluding hydrogens is 290 g/mol. The average Bonchev–Trinajstić information content (AvgIpc) is 2.53. The van der Waals surface area contributed by atoms with Crippen molar-refractivity contribution in [1.29, 1.82) is 0 Å². The normalized spacial score (nSPS) is 14.0. The van der Waals surface area contributed by atoms with Gasteiger partial charge in [-0.05, 0) is 38.7 Å². The number of carboxylic acid groups (broad SMARTS) is 1. The Balaban J connectivity index is 5.13. The summed E-state index contributed by atoms with van der Waals surface area (Å²) in [6, 6.07) is -0.598. The predicted octanol–water partition coefficient (Wildman–Crippen LogP) is 3.56. The van der Waals surface area contributed by atoms with Crippen molar-refractivity contribution < 1.29 is 19.5 Å². The van der Waals surface area contributed by atoms with Crippen molar-refractivity contribution in [3.05, 3.63) is 11.8 Å². The Kier molecular flexibility index (Phi) is 11.8. The van der Waals surface area contributed by atoms with Gasteiger partial charge in [-0.15, -0.1) is 0 Å². The number of carbonyl (C=O) groups is 1. The monoisotopic (exact) mass is 327 g/mol. The van der Waals surface area contributed by atoms with Gasteiger partial charge >= 0.3 is 0 Å². The molecule has 0 radical (unpaired) electrons. The third kappa shape index (κ3) is 8.40. The summed E-state index contributed by atoms with van der Waals surface area (Å²) in [4.78, 5) is 11.5. The number of hydrogen-bond donors (Lipinski definition) is 1. The quantitative estimate of drug-likeness (QED) is 0.301. The van der Waals surface area contributed by atoms with E-state index >= 15 is 0 Å². The number of carbonyl (C=O) groups excluding carboxylic acids is 1. The lowest BCUT2D eigenvalue weighted by molar-refractivity contribution is -0.940. The minimum atomic E-state index is -1.02. The van der Waals surface area contributed by atoms with Gasteiger partial charge in [0.1, 0.15) is 18.3 Å². The number of quaternary nitrogens is 1. The summed E-state index contributed by atoms with van der Waals surface area (Å²) in [5.41, 5.74) is 0. The second kappa shape index (κ2) is 12.4. The average molecular weight is 328 g/mol. The summed E-state index contributed by atoms with van der Waals surface area (Å²) in [6.07, 6.45) is 10.1. The number of aliphatic hydroxyl groups excluding tert-OH is 1. The number of aliphatic carboxylic acids is 1. The molecule has 1 atom stereocenters. The standard InChI is InChI=1S/C19H37NO3/c1-5-8-11-12-13-18(21)16-20(14-9-6-2,15-10-7-3)17(4)19(22)23/h13,17H,5-12,14-16H2,1-4H3,(H-,21,22,23)/b18-13-. The van der Waals surface area contributed by atoms with E-state index in [1.54, 1.807) is 6.92 Å². The second-order valence-corrected chi connectivity index (χ2v) is 6.72. The molecular formula is C19H37NO3. The Morgan fingerprint density at radius 1 is 1.04 bits per heavy atom. The first-order chi connectivity index (χ1) is 10.9. The molecule has 0 aliphatic carbocycles. The van der Waals surface area contributed by atoms with Crippen molar-refractivity contribution in [3.8, 4) is 0 Å². The van der Waals surface area contributed by atoms with Crippen molar-refractivity contribution in [2.45, 2.75) is 85.1 Å². The molecule has 0 aromatic carbocycles. The Labute approximate surface area is 142 Å². The van der Waals surface area contributed by atoms with Crippen LogP contribution in [0.2, 0.25) is 0 Å². The molecule has 0 amide bonds. The van der Waals surface area contributed by atoms with Crippen LogP contribution in [0.3, 0.4) is 0 Å². The van der Waals surface area contributed by atoms with Gasteiger partial charge in [-0.2, -0.15) is 0 Å². The number of hydrogen-bond acceptors (Lipinski definition) is 3. The van der Waals surface area contributed by atoms with Crippen molar-refractivity contribution in [1.82, 2.24) is 0 Å². The van der Waals surface area contributed by atoms with Crippen LogP contribution in [0.1, 0.15) is 79.1 Å². The fourth-order valence-electron chi connectivity index (χ4n) is 3.01. The number of carboxylic acids is 1. The molecule has 0 bridgehead atoms. The third-order valence-electron chi connectivity index (χ3n) is 4.74. The van der Waals surface area contributed by atoms with Crippen LogP contribution >= 0.6 is 0 Å². The fourth-order valence-corrected chi connectivity index (χ4v) is 3.01. The Hall–Kier alpha value is -1.03. The molecule has 4 nitrogen and oxygen atoms in total. The predicted molar refractivity (Wildman–Crippen MR) is 94.0 cm³/mol. The van der Waals surface area contributed by atoms with Gasteiger partial charge in [0.2, 0.25) is 0 Å². The molecule has 0 rings (SSSR count). The van der Waals surface area contributed by atoms with Crippen molar-refractivity contribution in [3.63, 3.8) is 0 Å². The van der Waals surface area contributed by atoms with E-state index < -0.39 is 12.0 Å². The van der Waals surface area contributed by atoms with Crippen LogP contribution < -0.4 is 5.11 Å². The largest absolute Gasteiger partial charge is 0.544 e. The van der Waals surface area contributed by atoms with Gasteiger partial charge in [0.15, 0.2) is 0 Å². The van der Waals surface area contributed by atoms with Gasteiger partial charge in [0, 0.05) is 0 Å². The lowest BCUT2D eigenvalue weighted by Gasteiger charge is -2.44. The number of aliphatic hydroxyl groups is 1. The van der Waals surface area contributed by atoms with Crippen molar-refractivity contribution in [2.24, 2.45) is 0 Å². The van der Waals surface area contributed by atoms with Gasteiger partial charge in [0.05, 0.1) is 19.1 Å². The highest BCUT2D eigenvalue weighted by Crippen LogP contribution is 2.20. The minimum Gasteiger partial charge on any atom is -0.544 e. The maximum Gasteiger partial charge on any atom is 0.143 e. The van der Waals surface area contributed by atoms with Crippen LogP contribution in [0, 0.1) is 0 Å². The van der Waals surface area contributed by atoms with Crippen LogP contribution in [0.5, 0.6) is 0 Å². The molecule has 0 spiro atoms. The first-order valence-electron chi connectivity index (χ1n) is 9.38. The summed E-state index contributed by atoms with van der Waals surface area (Å²) in [6.45, 7) is 10.1. The molecule has 0 aliphatic rings. The van der Waals surface area contributed by atoms with Gasteiger partial charge < -0.3 is 19.5 Å². The van der Waals surface area contributed by atoms with E-state index in [9.17, 15) is 15.0 Å². The highest BCUT2D eigenvalue weighted by molar-refractivity contribution is 5.69. The minimum absolute atomic E-state index is 0.335. The first-order valence-corrected chi connectivity index (χ1v) is 9.38. The number of allylic oxidation sites excluding steroid dienone is 1. The zero-order chi connectivity index (χ0) is 17.7. The molecule has 0 aliphatic heterocycles. The van der Waals surface area contributed by atoms with Crippen molar-refractivity contribution >= 4 is 5.97 Å². The Morgan fingerprint density at radius 2 is 1.57 bits per heavy atom. The van der Waals surface area contributed by atoms with E-state index in [0.29, 0.717) is 16.8 Å². The van der Waals surface area contributed by atoms with Crippen LogP contribution in [-0.2, 0) is 4.79 Å². The summed E-state index contributed by atoms with van der Waals surface area (Å²) in [5.74, 6) is -0.683. The van der Waals surface area contributed by atoms with E-state index in [0.717, 1.165) is 64.5 Å². The molecule has 0 aromatic rings. The van der Waals surface area contributed by atoms with Gasteiger partial charge in [-0.25, -0.2) is 0 Å². The summed E-state index contributed by atoms with van der Waals surface area (Å²) in [7, 11) is 0. The molecule has 0 heterocycles. The molecule has 4 heteroatoms. The first kappa shape index (κ1) is 22.0. The number of nitrogens with zero attached hydrogens (tertiary/aromatic N) is 1. The van der Waals surface area contributed by atoms with Gasteiger partial charge in [0.25, 0.3) is 0 Å². The second-order valence-electron chi connectivity index (χ2n) is 6.72. The molecule has 0 aromatic heterocycles. The molecule has 1 N–H and O–H groups in total. The highest BCUT2D eigenvalue weighted by atomic mass is 16.4. The maximum atomic E-state index is 11.5. The van der Waals surface area contributed by atoms with Crippen LogP contribution in [0.4, 0.5) is 0 Å². The maximum absolute atomic E-state index is 11.5. The highest BCUT2D eigenvalue weighted by Gasteiger charge is 2.34. The van der Waals surface area contributed by atoms with E-state index in [4.69, 9.17) is 0 Å². The van der Waals surface area contributed by atoms with Crippen LogP contribution in [0.25, 0.3) is 0 Å². The van der Waals surface area contributed by atoms with Gasteiger partial charge in [-0.3, -0.25) is 0 Å². The van der Waals surface area contributed by atoms with Crippen LogP contribution in [-0.4, -0.2) is 41.2 Å². The van der Waals surface area contributed by atoms with E-state index in [2.05, 4.69) is 20.8 Å². The van der Waals surface area contributed by atoms with Crippen LogP contribution in [0.15, 0.2) is 11.8 Å². The fraction of sp³-hybridized carbons (Fsp3) is 0.842. The summed E-state index contributed by atoms with van der Waals surface area (Å²) in [5, 5.41) is 21.9. The number of rotatable bonds is 14. The lowest BCUT2D eigenvalue weighted by atomic mass is 10.1. The number of unbranched alkanes of at least 4 members (excludes halogenated alkanes) is 5. The Morgan fingerprint density at radius 3 is 2.00 bits per heavy atom. The molecule has 23 heavy (non-hydrogen) atoms. The summed E-state index contributed by atoms with van der Waals surface area (Å²) < 4.78 is 0.403. The summed E-state index contributed by atoms with van der Waals surface area (Å²) >= 11 is 0. The zero-order valence-electron chi connectivity index (χ0n) is 15.6. The van der Waals surface area contributed by atoms with E-state index in [-0.39, 0.29) is 0 Å². The van der Waals surface area contributed by atoms with Gasteiger partial charge in [-0.1, -0.05) is 46.5 Å². The Bertz CT molecular complexity index is 345. The van der Waals surface area contributed by atoms with Crippen molar-refractivity contribution in [2.75, 3.05) is 19.6 Å². The van der Waals surface area contributed by atoms with E-state index in [1.165, 1.54) is 0 Å². The topological polar surface area (TPSA) is 60.4 Å². The zero-order valence-corrected chi connectivity index (χ0v) is 15.6. The lowest BCUT2D eigenvalue weighted by Crippen LogP contribution is -2.62. The molecule has 0 saturated carbocycles. The molecule has 0 saturated heterocycles. The molecule has 1 unspecified atom stereocenters. The van der Waals surface area contributed by atoms with E-state index in [1.807, 2.05) is 6.08 Å². The smallest absolute Gasteiger partial charge is 0.143 e. The molecule has 136 valence electrons. The SMILES string of the molecule is CCCCC/C=C(\O)C[N+](CCCC)(CCCC)C(C)C(=O)[O-]. The third-order valence-corrected chi connectivity index (χ3v) is 4.74.